The second kappa shape index (κ2) is 30.6. The van der Waals surface area contributed by atoms with Crippen LogP contribution in [0.4, 0.5) is 17.5 Å². The van der Waals surface area contributed by atoms with Gasteiger partial charge in [0, 0.05) is 224 Å². The molecule has 556 valence electrons. The van der Waals surface area contributed by atoms with Crippen molar-refractivity contribution in [3.05, 3.63) is 166 Å². The quantitative estimate of drug-likeness (QED) is 0.0643. The Morgan fingerprint density at radius 1 is 0.383 bits per heavy atom. The third-order valence-electron chi connectivity index (χ3n) is 19.5. The van der Waals surface area contributed by atoms with Crippen LogP contribution in [0.1, 0.15) is 6.42 Å². The smallest absolute Gasteiger partial charge is 0.211 e. The zero-order valence-corrected chi connectivity index (χ0v) is 63.2. The van der Waals surface area contributed by atoms with Gasteiger partial charge in [0.05, 0.1) is 68.7 Å². The molecule has 1 aliphatic carbocycles. The molecule has 3 saturated heterocycles. The number of aryl methyl sites for hydroxylation is 6. The van der Waals surface area contributed by atoms with Gasteiger partial charge < -0.3 is 20.7 Å². The van der Waals surface area contributed by atoms with E-state index in [2.05, 4.69) is 79.7 Å². The van der Waals surface area contributed by atoms with Crippen LogP contribution in [-0.4, -0.2) is 217 Å². The molecule has 2 unspecified atom stereocenters. The number of hydrogen-bond donors (Lipinski definition) is 3. The fourth-order valence-corrected chi connectivity index (χ4v) is 16.4. The van der Waals surface area contributed by atoms with Crippen LogP contribution in [0, 0.1) is 23.7 Å². The lowest BCUT2D eigenvalue weighted by molar-refractivity contribution is 0.00701. The summed E-state index contributed by atoms with van der Waals surface area (Å²) in [6, 6.07) is 24.2. The molecule has 0 bridgehead atoms. The van der Waals surface area contributed by atoms with Crippen molar-refractivity contribution in [3.63, 3.8) is 0 Å². The Hall–Kier alpha value is -10.8. The average Bonchev–Trinajstić information content (AvgIpc) is 1.58. The van der Waals surface area contributed by atoms with Gasteiger partial charge >= 0.3 is 0 Å². The van der Waals surface area contributed by atoms with Crippen molar-refractivity contribution in [3.8, 4) is 101 Å². The van der Waals surface area contributed by atoms with Gasteiger partial charge in [-0.15, -0.1) is 0 Å². The molecule has 1 saturated carbocycles. The summed E-state index contributed by atoms with van der Waals surface area (Å²) in [5.41, 5.74) is 14.1. The second-order valence-electron chi connectivity index (χ2n) is 27.6. The van der Waals surface area contributed by atoms with Crippen molar-refractivity contribution in [2.75, 3.05) is 100 Å². The standard InChI is InChI=1S/C25H28N8O2S.C24H28N8O3S.C24H28N8O2S/c1-31-12-18(8-28-31)16-5-4-6-17(7-16)24-26-10-20(19-9-29-32(2)13-19)25(30-24)27-11-21-22-14-33(15-23(21)22)36(3,34)35;1-30-14-19(10-27-30)17-5-4-6-18(9-17)23-26-13-22(20-11-28-31(2)15-20)24(29-23)25-12-21-16-32(7-8-35-21)36(3,33)34;1-30-15-20(11-27-30)18-5-4-6-19(9-18)23-26-13-22(21-12-28-31(2)16-21)24(29-23)25-10-17-7-8-32(14-17)35(3,33)34/h4-10,12-13,21-23H,11,14-15H2,1-3H3,(H,26,27,30);4-6,9-11,13-15,21H,7-8,12,16H2,1-3H3,(H,25,26,29);4-6,9,11-13,15-17H,7-8,10,14H2,1-3H3,(H,25,26,29)/t21?,22-,23+;;17-/m..1/s1. The number of benzene rings is 3. The number of rotatable bonds is 21. The molecule has 4 aliphatic rings. The molecule has 0 amide bonds. The van der Waals surface area contributed by atoms with E-state index in [1.807, 2.05) is 171 Å². The van der Waals surface area contributed by atoms with Gasteiger partial charge in [0.25, 0.3) is 0 Å². The van der Waals surface area contributed by atoms with Crippen LogP contribution in [0.15, 0.2) is 166 Å². The molecular formula is C73H84N24O7S3. The Morgan fingerprint density at radius 3 is 1.07 bits per heavy atom. The molecule has 12 heterocycles. The van der Waals surface area contributed by atoms with E-state index in [-0.39, 0.29) is 12.0 Å². The zero-order valence-electron chi connectivity index (χ0n) is 60.7. The molecule has 4 fully saturated rings. The van der Waals surface area contributed by atoms with Gasteiger partial charge in [0.15, 0.2) is 17.5 Å². The summed E-state index contributed by atoms with van der Waals surface area (Å²) in [4.78, 5) is 28.7. The normalized spacial score (nSPS) is 18.3. The highest BCUT2D eigenvalue weighted by molar-refractivity contribution is 7.88. The van der Waals surface area contributed by atoms with Crippen LogP contribution >= 0.6 is 0 Å². The zero-order chi connectivity index (χ0) is 74.9. The number of morpholine rings is 1. The number of nitrogens with one attached hydrogen (secondary N) is 3. The van der Waals surface area contributed by atoms with Crippen LogP contribution in [0.5, 0.6) is 0 Å². The number of fused-ring (bicyclic) bond motifs is 1. The molecule has 107 heavy (non-hydrogen) atoms. The molecular weight excluding hydrogens is 1420 g/mol. The lowest BCUT2D eigenvalue weighted by Gasteiger charge is -2.31. The van der Waals surface area contributed by atoms with E-state index >= 15 is 0 Å². The minimum atomic E-state index is -3.28. The van der Waals surface area contributed by atoms with Crippen LogP contribution in [-0.2, 0) is 77.1 Å². The third kappa shape index (κ3) is 17.4. The Bertz CT molecular complexity index is 5540. The van der Waals surface area contributed by atoms with E-state index < -0.39 is 30.1 Å². The Balaban J connectivity index is 0.000000135. The fourth-order valence-electron chi connectivity index (χ4n) is 13.7. The Morgan fingerprint density at radius 2 is 0.720 bits per heavy atom. The van der Waals surface area contributed by atoms with E-state index in [0.29, 0.717) is 106 Å². The molecule has 3 N–H and O–H groups in total. The monoisotopic (exact) mass is 1500 g/mol. The highest BCUT2D eigenvalue weighted by atomic mass is 32.2. The molecule has 31 nitrogen and oxygen atoms in total. The topological polar surface area (TPSA) is 342 Å². The molecule has 3 aliphatic heterocycles. The van der Waals surface area contributed by atoms with E-state index in [1.165, 1.54) is 27.4 Å². The maximum atomic E-state index is 12.0. The number of ether oxygens (including phenoxy) is 1. The van der Waals surface area contributed by atoms with Crippen molar-refractivity contribution in [1.82, 2.24) is 102 Å². The lowest BCUT2D eigenvalue weighted by Crippen LogP contribution is -2.47. The summed E-state index contributed by atoms with van der Waals surface area (Å²) in [5.74, 6) is 5.36. The molecule has 16 rings (SSSR count). The van der Waals surface area contributed by atoms with Crippen molar-refractivity contribution >= 4 is 47.5 Å². The summed E-state index contributed by atoms with van der Waals surface area (Å²) in [5, 5.41) is 36.1. The predicted octanol–water partition coefficient (Wildman–Crippen LogP) is 7.15. The number of nitrogens with zero attached hydrogens (tertiary/aromatic N) is 21. The molecule has 9 aromatic heterocycles. The number of hydrogen-bond acceptors (Lipinski definition) is 22. The summed E-state index contributed by atoms with van der Waals surface area (Å²) in [6.45, 7) is 5.05. The molecule has 3 aromatic carbocycles. The molecule has 34 heteroatoms. The first-order valence-electron chi connectivity index (χ1n) is 34.8. The van der Waals surface area contributed by atoms with Gasteiger partial charge in [-0.1, -0.05) is 54.6 Å². The highest BCUT2D eigenvalue weighted by Crippen LogP contribution is 2.52. The molecule has 0 radical (unpaired) electrons. The van der Waals surface area contributed by atoms with Crippen molar-refractivity contribution < 1.29 is 30.0 Å². The predicted molar refractivity (Wildman–Crippen MR) is 409 cm³/mol. The average molecular weight is 1510 g/mol. The fraction of sp³-hybridized carbons (Fsp3) is 0.342. The maximum Gasteiger partial charge on any atom is 0.211 e. The highest BCUT2D eigenvalue weighted by Gasteiger charge is 2.57. The first-order chi connectivity index (χ1) is 51.3. The van der Waals surface area contributed by atoms with Gasteiger partial charge in [-0.05, 0) is 65.0 Å². The van der Waals surface area contributed by atoms with Crippen molar-refractivity contribution in [1.29, 1.82) is 0 Å². The SMILES string of the molecule is Cn1cc(-c2cccc(-c3ncc(-c4cnn(C)c4)c(NCC4CN(S(C)(=O)=O)CCO4)n3)c2)cn1.Cn1cc(-c2cccc(-c3ncc(-c4cnn(C)c4)c(NCC4[C@H]5CN(S(C)(=O)=O)C[C@@H]45)n3)c2)cn1.Cn1cc(-c2cccc(-c3ncc(-c4cnn(C)c4)c(NC[C@H]4CCN(S(C)(=O)=O)C4)n3)c2)cn1. The van der Waals surface area contributed by atoms with Gasteiger partial charge in [-0.25, -0.2) is 63.8 Å². The van der Waals surface area contributed by atoms with Crippen LogP contribution in [0.25, 0.3) is 101 Å². The third-order valence-corrected chi connectivity index (χ3v) is 23.3. The summed E-state index contributed by atoms with van der Waals surface area (Å²) >= 11 is 0. The minimum absolute atomic E-state index is 0.207. The molecule has 5 atom stereocenters. The first-order valence-corrected chi connectivity index (χ1v) is 40.4. The number of piperidine rings is 1. The largest absolute Gasteiger partial charge is 0.374 e. The number of anilines is 3. The molecule has 12 aromatic rings. The van der Waals surface area contributed by atoms with Gasteiger partial charge in [-0.2, -0.15) is 34.9 Å². The number of aromatic nitrogens is 18. The van der Waals surface area contributed by atoms with Crippen molar-refractivity contribution in [2.24, 2.45) is 66.0 Å². The lowest BCUT2D eigenvalue weighted by atomic mass is 10.1. The van der Waals surface area contributed by atoms with E-state index in [9.17, 15) is 25.3 Å². The summed E-state index contributed by atoms with van der Waals surface area (Å²) in [6.07, 6.45) is 32.3. The minimum Gasteiger partial charge on any atom is -0.374 e. The Labute approximate surface area is 620 Å². The van der Waals surface area contributed by atoms with Gasteiger partial charge in [0.2, 0.25) is 30.1 Å². The van der Waals surface area contributed by atoms with Crippen molar-refractivity contribution in [2.45, 2.75) is 12.5 Å². The van der Waals surface area contributed by atoms with E-state index in [1.54, 1.807) is 51.0 Å². The summed E-state index contributed by atoms with van der Waals surface area (Å²) < 4.78 is 92.4. The van der Waals surface area contributed by atoms with Gasteiger partial charge in [0.1, 0.15) is 17.5 Å². The molecule has 0 spiro atoms. The first kappa shape index (κ1) is 73.2. The second-order valence-corrected chi connectivity index (χ2v) is 33.6. The van der Waals surface area contributed by atoms with Crippen LogP contribution in [0.3, 0.4) is 0 Å². The van der Waals surface area contributed by atoms with Crippen LogP contribution < -0.4 is 16.0 Å². The Kier molecular flexibility index (Phi) is 20.9. The van der Waals surface area contributed by atoms with Gasteiger partial charge in [-0.3, -0.25) is 28.1 Å². The van der Waals surface area contributed by atoms with E-state index in [0.717, 1.165) is 102 Å². The van der Waals surface area contributed by atoms with Crippen LogP contribution in [0.2, 0.25) is 0 Å². The maximum absolute atomic E-state index is 12.0. The van der Waals surface area contributed by atoms with E-state index in [4.69, 9.17) is 19.7 Å². The number of sulfonamides is 3. The summed E-state index contributed by atoms with van der Waals surface area (Å²) in [7, 11) is 1.72.